The molecule has 0 amide bonds. The van der Waals surface area contributed by atoms with Crippen LogP contribution in [0.5, 0.6) is 5.75 Å². The van der Waals surface area contributed by atoms with Crippen molar-refractivity contribution < 1.29 is 4.74 Å². The van der Waals surface area contributed by atoms with Gasteiger partial charge in [0, 0.05) is 0 Å². The van der Waals surface area contributed by atoms with E-state index in [9.17, 15) is 0 Å². The number of hydrogen-bond acceptors (Lipinski definition) is 2. The summed E-state index contributed by atoms with van der Waals surface area (Å²) in [5.41, 5.74) is 7.70. The van der Waals surface area contributed by atoms with Crippen LogP contribution < -0.4 is 10.5 Å². The molecule has 1 unspecified atom stereocenters. The third-order valence-corrected chi connectivity index (χ3v) is 3.55. The standard InChI is InChI=1S/C15H14Cl3NO/c16-15(17,18)14(19)12-6-8-13(9-7-12)20-10-11-4-2-1-3-5-11/h1-9,14H,10,19H2. The lowest BCUT2D eigenvalue weighted by Crippen LogP contribution is -2.25. The smallest absolute Gasteiger partial charge is 0.209 e. The molecule has 0 fully saturated rings. The summed E-state index contributed by atoms with van der Waals surface area (Å²) in [7, 11) is 0. The molecule has 0 heterocycles. The molecule has 0 aliphatic heterocycles. The van der Waals surface area contributed by atoms with E-state index in [-0.39, 0.29) is 0 Å². The fourth-order valence-corrected chi connectivity index (χ4v) is 2.08. The summed E-state index contributed by atoms with van der Waals surface area (Å²) in [6.45, 7) is 0.511. The number of hydrogen-bond donors (Lipinski definition) is 1. The summed E-state index contributed by atoms with van der Waals surface area (Å²) in [6.07, 6.45) is 0. The van der Waals surface area contributed by atoms with Crippen LogP contribution in [0.2, 0.25) is 0 Å². The Labute approximate surface area is 133 Å². The largest absolute Gasteiger partial charge is 0.489 e. The summed E-state index contributed by atoms with van der Waals surface area (Å²) in [5, 5.41) is 0. The van der Waals surface area contributed by atoms with Crippen molar-refractivity contribution in [2.75, 3.05) is 0 Å². The lowest BCUT2D eigenvalue weighted by molar-refractivity contribution is 0.306. The molecule has 2 nitrogen and oxygen atoms in total. The third-order valence-electron chi connectivity index (χ3n) is 2.84. The molecule has 0 saturated carbocycles. The van der Waals surface area contributed by atoms with Crippen LogP contribution in [0.4, 0.5) is 0 Å². The SMILES string of the molecule is NC(c1ccc(OCc2ccccc2)cc1)C(Cl)(Cl)Cl. The molecule has 2 rings (SSSR count). The highest BCUT2D eigenvalue weighted by Crippen LogP contribution is 2.38. The molecule has 106 valence electrons. The van der Waals surface area contributed by atoms with Gasteiger partial charge in [0.25, 0.3) is 0 Å². The third kappa shape index (κ3) is 4.29. The van der Waals surface area contributed by atoms with Crippen LogP contribution in [0.25, 0.3) is 0 Å². The van der Waals surface area contributed by atoms with Crippen LogP contribution in [-0.4, -0.2) is 3.79 Å². The van der Waals surface area contributed by atoms with E-state index in [1.807, 2.05) is 42.5 Å². The zero-order valence-corrected chi connectivity index (χ0v) is 12.9. The van der Waals surface area contributed by atoms with Crippen LogP contribution in [0.1, 0.15) is 17.2 Å². The summed E-state index contributed by atoms with van der Waals surface area (Å²) in [4.78, 5) is 0. The first-order valence-corrected chi connectivity index (χ1v) is 7.19. The van der Waals surface area contributed by atoms with Crippen molar-refractivity contribution in [3.05, 3.63) is 65.7 Å². The van der Waals surface area contributed by atoms with Gasteiger partial charge in [-0.1, -0.05) is 77.3 Å². The zero-order chi connectivity index (χ0) is 14.6. The number of halogens is 3. The van der Waals surface area contributed by atoms with E-state index in [0.29, 0.717) is 6.61 Å². The fraction of sp³-hybridized carbons (Fsp3) is 0.200. The Hall–Kier alpha value is -0.930. The van der Waals surface area contributed by atoms with Crippen molar-refractivity contribution in [1.29, 1.82) is 0 Å². The van der Waals surface area contributed by atoms with Crippen molar-refractivity contribution in [2.24, 2.45) is 5.73 Å². The predicted octanol–water partition coefficient (Wildman–Crippen LogP) is 4.64. The van der Waals surface area contributed by atoms with Gasteiger partial charge in [-0.3, -0.25) is 0 Å². The average molecular weight is 331 g/mol. The molecule has 0 aliphatic rings. The van der Waals surface area contributed by atoms with Gasteiger partial charge in [-0.05, 0) is 23.3 Å². The molecule has 2 aromatic carbocycles. The van der Waals surface area contributed by atoms with Crippen LogP contribution in [0.3, 0.4) is 0 Å². The van der Waals surface area contributed by atoms with Crippen LogP contribution in [-0.2, 0) is 6.61 Å². The normalized spacial score (nSPS) is 13.0. The second kappa shape index (κ2) is 6.68. The quantitative estimate of drug-likeness (QED) is 0.829. The molecular weight excluding hydrogens is 317 g/mol. The highest BCUT2D eigenvalue weighted by atomic mass is 35.6. The van der Waals surface area contributed by atoms with Crippen molar-refractivity contribution in [3.8, 4) is 5.75 Å². The van der Waals surface area contributed by atoms with Gasteiger partial charge in [0.1, 0.15) is 12.4 Å². The van der Waals surface area contributed by atoms with Gasteiger partial charge in [0.15, 0.2) is 0 Å². The molecule has 0 spiro atoms. The van der Waals surface area contributed by atoms with Gasteiger partial charge in [0.2, 0.25) is 3.79 Å². The number of ether oxygens (including phenoxy) is 1. The lowest BCUT2D eigenvalue weighted by Gasteiger charge is -2.20. The lowest BCUT2D eigenvalue weighted by atomic mass is 10.1. The molecule has 20 heavy (non-hydrogen) atoms. The second-order valence-electron chi connectivity index (χ2n) is 4.36. The first-order chi connectivity index (χ1) is 9.47. The second-order valence-corrected chi connectivity index (χ2v) is 6.73. The first-order valence-electron chi connectivity index (χ1n) is 6.06. The molecule has 0 radical (unpaired) electrons. The molecule has 0 aliphatic carbocycles. The van der Waals surface area contributed by atoms with E-state index in [4.69, 9.17) is 45.3 Å². The molecule has 0 aromatic heterocycles. The summed E-state index contributed by atoms with van der Waals surface area (Å²) in [6, 6.07) is 16.5. The Morgan fingerprint density at radius 1 is 0.950 bits per heavy atom. The van der Waals surface area contributed by atoms with Crippen LogP contribution in [0, 0.1) is 0 Å². The maximum Gasteiger partial charge on any atom is 0.209 e. The Bertz CT molecular complexity index is 537. The highest BCUT2D eigenvalue weighted by molar-refractivity contribution is 6.68. The van der Waals surface area contributed by atoms with E-state index in [1.54, 1.807) is 12.1 Å². The van der Waals surface area contributed by atoms with Crippen LogP contribution >= 0.6 is 34.8 Å². The summed E-state index contributed by atoms with van der Waals surface area (Å²) < 4.78 is 4.15. The minimum Gasteiger partial charge on any atom is -0.489 e. The van der Waals surface area contributed by atoms with Gasteiger partial charge in [0.05, 0.1) is 6.04 Å². The Kier molecular flexibility index (Phi) is 5.17. The topological polar surface area (TPSA) is 35.2 Å². The minimum atomic E-state index is -1.52. The molecule has 1 atom stereocenters. The molecular formula is C15H14Cl3NO. The Morgan fingerprint density at radius 2 is 1.55 bits per heavy atom. The van der Waals surface area contributed by atoms with E-state index in [0.717, 1.165) is 16.9 Å². The Balaban J connectivity index is 1.98. The average Bonchev–Trinajstić information content (AvgIpc) is 2.45. The van der Waals surface area contributed by atoms with E-state index >= 15 is 0 Å². The van der Waals surface area contributed by atoms with Gasteiger partial charge in [-0.25, -0.2) is 0 Å². The van der Waals surface area contributed by atoms with E-state index in [2.05, 4.69) is 0 Å². The molecule has 0 saturated heterocycles. The van der Waals surface area contributed by atoms with Crippen molar-refractivity contribution in [2.45, 2.75) is 16.4 Å². The van der Waals surface area contributed by atoms with Crippen molar-refractivity contribution >= 4 is 34.8 Å². The van der Waals surface area contributed by atoms with Crippen molar-refractivity contribution in [3.63, 3.8) is 0 Å². The Morgan fingerprint density at radius 3 is 2.10 bits per heavy atom. The number of nitrogens with two attached hydrogens (primary N) is 1. The van der Waals surface area contributed by atoms with E-state index in [1.165, 1.54) is 0 Å². The highest BCUT2D eigenvalue weighted by Gasteiger charge is 2.30. The number of benzene rings is 2. The maximum absolute atomic E-state index is 5.85. The number of rotatable bonds is 4. The van der Waals surface area contributed by atoms with Gasteiger partial charge in [-0.15, -0.1) is 0 Å². The zero-order valence-electron chi connectivity index (χ0n) is 10.6. The molecule has 2 aromatic rings. The molecule has 5 heteroatoms. The molecule has 2 N–H and O–H groups in total. The van der Waals surface area contributed by atoms with Gasteiger partial charge >= 0.3 is 0 Å². The number of alkyl halides is 3. The van der Waals surface area contributed by atoms with Gasteiger partial charge in [-0.2, -0.15) is 0 Å². The molecule has 0 bridgehead atoms. The maximum atomic E-state index is 5.85. The van der Waals surface area contributed by atoms with Crippen molar-refractivity contribution in [1.82, 2.24) is 0 Å². The summed E-state index contributed by atoms with van der Waals surface area (Å²) in [5.74, 6) is 0.745. The van der Waals surface area contributed by atoms with Crippen LogP contribution in [0.15, 0.2) is 54.6 Å². The van der Waals surface area contributed by atoms with E-state index < -0.39 is 9.83 Å². The predicted molar refractivity (Wildman–Crippen MR) is 84.4 cm³/mol. The summed E-state index contributed by atoms with van der Waals surface area (Å²) >= 11 is 17.3. The fourth-order valence-electron chi connectivity index (χ4n) is 1.70. The first kappa shape index (κ1) is 15.5. The van der Waals surface area contributed by atoms with Gasteiger partial charge < -0.3 is 10.5 Å². The monoisotopic (exact) mass is 329 g/mol. The minimum absolute atomic E-state index is 0.511.